The van der Waals surface area contributed by atoms with Crippen LogP contribution >= 0.6 is 27.5 Å². The lowest BCUT2D eigenvalue weighted by atomic mass is 10.1. The van der Waals surface area contributed by atoms with Crippen LogP contribution in [0.15, 0.2) is 40.9 Å². The van der Waals surface area contributed by atoms with Crippen molar-refractivity contribution in [1.29, 1.82) is 0 Å². The first-order valence-electron chi connectivity index (χ1n) is 5.67. The Balaban J connectivity index is 2.31. The number of hydrogen-bond acceptors (Lipinski definition) is 2. The molecule has 0 unspecified atom stereocenters. The van der Waals surface area contributed by atoms with Gasteiger partial charge in [0.1, 0.15) is 5.82 Å². The predicted octanol–water partition coefficient (Wildman–Crippen LogP) is 4.19. The average molecular weight is 373 g/mol. The summed E-state index contributed by atoms with van der Waals surface area (Å²) in [6, 6.07) is 7.83. The molecule has 0 spiro atoms. The number of carbonyl (C=O) groups is 2. The lowest BCUT2D eigenvalue weighted by Crippen LogP contribution is -2.15. The van der Waals surface area contributed by atoms with Crippen LogP contribution < -0.4 is 5.32 Å². The van der Waals surface area contributed by atoms with Crippen LogP contribution in [0, 0.1) is 5.82 Å². The number of hydrogen-bond donors (Lipinski definition) is 2. The van der Waals surface area contributed by atoms with Gasteiger partial charge in [0.05, 0.1) is 15.7 Å². The summed E-state index contributed by atoms with van der Waals surface area (Å²) in [7, 11) is 0. The highest BCUT2D eigenvalue weighted by atomic mass is 79.9. The van der Waals surface area contributed by atoms with Crippen molar-refractivity contribution in [1.82, 2.24) is 0 Å². The van der Waals surface area contributed by atoms with Crippen LogP contribution in [-0.2, 0) is 0 Å². The summed E-state index contributed by atoms with van der Waals surface area (Å²) in [5, 5.41) is 11.8. The minimum absolute atomic E-state index is 0.109. The Hall–Kier alpha value is -1.92. The molecular formula is C14H8BrClFNO3. The first-order chi connectivity index (χ1) is 9.88. The Morgan fingerprint density at radius 1 is 1.19 bits per heavy atom. The molecule has 0 heterocycles. The molecule has 108 valence electrons. The van der Waals surface area contributed by atoms with Gasteiger partial charge in [0.15, 0.2) is 0 Å². The van der Waals surface area contributed by atoms with Crippen molar-refractivity contribution in [3.63, 3.8) is 0 Å². The summed E-state index contributed by atoms with van der Waals surface area (Å²) in [6.07, 6.45) is 0. The summed E-state index contributed by atoms with van der Waals surface area (Å²) >= 11 is 8.71. The molecule has 2 aromatic carbocycles. The van der Waals surface area contributed by atoms with Crippen molar-refractivity contribution >= 4 is 45.1 Å². The van der Waals surface area contributed by atoms with E-state index in [0.29, 0.717) is 0 Å². The molecule has 0 aliphatic rings. The number of carbonyl (C=O) groups excluding carboxylic acids is 1. The molecule has 0 bridgehead atoms. The zero-order valence-corrected chi connectivity index (χ0v) is 12.7. The van der Waals surface area contributed by atoms with Crippen molar-refractivity contribution in [2.45, 2.75) is 0 Å². The number of anilines is 1. The van der Waals surface area contributed by atoms with Gasteiger partial charge in [0.2, 0.25) is 0 Å². The second-order valence-corrected chi connectivity index (χ2v) is 5.37. The molecule has 0 atom stereocenters. The molecule has 1 amide bonds. The van der Waals surface area contributed by atoms with E-state index in [1.807, 2.05) is 0 Å². The molecule has 0 saturated heterocycles. The van der Waals surface area contributed by atoms with Crippen molar-refractivity contribution in [3.05, 3.63) is 62.8 Å². The predicted molar refractivity (Wildman–Crippen MR) is 80.5 cm³/mol. The molecule has 0 radical (unpaired) electrons. The topological polar surface area (TPSA) is 66.4 Å². The molecule has 2 aromatic rings. The fourth-order valence-electron chi connectivity index (χ4n) is 1.63. The van der Waals surface area contributed by atoms with Crippen LogP contribution in [0.25, 0.3) is 0 Å². The van der Waals surface area contributed by atoms with Crippen molar-refractivity contribution in [2.75, 3.05) is 5.32 Å². The standard InChI is InChI=1S/C14H8BrClFNO3/c15-10-5-7(1-3-11(10)17)13(19)18-12-4-2-8(16)6-9(12)14(20)21/h1-6H,(H,18,19)(H,20,21). The highest BCUT2D eigenvalue weighted by Crippen LogP contribution is 2.22. The van der Waals surface area contributed by atoms with Gasteiger partial charge in [-0.1, -0.05) is 11.6 Å². The van der Waals surface area contributed by atoms with E-state index in [9.17, 15) is 14.0 Å². The van der Waals surface area contributed by atoms with Gasteiger partial charge in [-0.15, -0.1) is 0 Å². The zero-order valence-electron chi connectivity index (χ0n) is 10.4. The van der Waals surface area contributed by atoms with E-state index in [1.54, 1.807) is 0 Å². The number of halogens is 3. The van der Waals surface area contributed by atoms with Gasteiger partial charge >= 0.3 is 5.97 Å². The molecular weight excluding hydrogens is 365 g/mol. The minimum atomic E-state index is -1.21. The highest BCUT2D eigenvalue weighted by molar-refractivity contribution is 9.10. The Morgan fingerprint density at radius 3 is 2.52 bits per heavy atom. The third-order valence-electron chi connectivity index (χ3n) is 2.64. The van der Waals surface area contributed by atoms with Gasteiger partial charge in [-0.05, 0) is 52.3 Å². The molecule has 2 rings (SSSR count). The molecule has 0 aliphatic heterocycles. The van der Waals surface area contributed by atoms with E-state index in [-0.39, 0.29) is 26.3 Å². The molecule has 0 aromatic heterocycles. The number of carboxylic acids is 1. The van der Waals surface area contributed by atoms with E-state index in [2.05, 4.69) is 21.2 Å². The summed E-state index contributed by atoms with van der Waals surface area (Å²) in [5.74, 6) is -2.27. The SMILES string of the molecule is O=C(Nc1ccc(Cl)cc1C(=O)O)c1ccc(F)c(Br)c1. The normalized spacial score (nSPS) is 10.2. The molecule has 2 N–H and O–H groups in total. The largest absolute Gasteiger partial charge is 0.478 e. The van der Waals surface area contributed by atoms with Gasteiger partial charge in [-0.25, -0.2) is 9.18 Å². The van der Waals surface area contributed by atoms with Crippen LogP contribution in [0.4, 0.5) is 10.1 Å². The Kier molecular flexibility index (Phi) is 4.59. The molecule has 21 heavy (non-hydrogen) atoms. The average Bonchev–Trinajstić information content (AvgIpc) is 2.43. The van der Waals surface area contributed by atoms with E-state index in [4.69, 9.17) is 16.7 Å². The summed E-state index contributed by atoms with van der Waals surface area (Å²) in [4.78, 5) is 23.2. The van der Waals surface area contributed by atoms with Crippen LogP contribution in [0.5, 0.6) is 0 Å². The van der Waals surface area contributed by atoms with Crippen LogP contribution in [-0.4, -0.2) is 17.0 Å². The summed E-state index contributed by atoms with van der Waals surface area (Å²) in [6.45, 7) is 0. The fraction of sp³-hybridized carbons (Fsp3) is 0. The lowest BCUT2D eigenvalue weighted by Gasteiger charge is -2.09. The third kappa shape index (κ3) is 3.59. The minimum Gasteiger partial charge on any atom is -0.478 e. The van der Waals surface area contributed by atoms with Crippen molar-refractivity contribution < 1.29 is 19.1 Å². The quantitative estimate of drug-likeness (QED) is 0.849. The zero-order chi connectivity index (χ0) is 15.6. The number of rotatable bonds is 3. The van der Waals surface area contributed by atoms with Gasteiger partial charge < -0.3 is 10.4 Å². The molecule has 0 aliphatic carbocycles. The first kappa shape index (κ1) is 15.5. The second kappa shape index (κ2) is 6.24. The molecule has 0 fully saturated rings. The summed E-state index contributed by atoms with van der Waals surface area (Å²) < 4.78 is 13.3. The number of amides is 1. The Labute approximate surface area is 132 Å². The Morgan fingerprint density at radius 2 is 1.90 bits per heavy atom. The molecule has 0 saturated carbocycles. The van der Waals surface area contributed by atoms with Crippen LogP contribution in [0.3, 0.4) is 0 Å². The maximum Gasteiger partial charge on any atom is 0.337 e. The van der Waals surface area contributed by atoms with E-state index >= 15 is 0 Å². The van der Waals surface area contributed by atoms with E-state index < -0.39 is 17.7 Å². The number of carboxylic acid groups (broad SMARTS) is 1. The smallest absolute Gasteiger partial charge is 0.337 e. The first-order valence-corrected chi connectivity index (χ1v) is 6.85. The maximum absolute atomic E-state index is 13.1. The number of nitrogens with one attached hydrogen (secondary N) is 1. The maximum atomic E-state index is 13.1. The van der Waals surface area contributed by atoms with Crippen molar-refractivity contribution in [2.24, 2.45) is 0 Å². The van der Waals surface area contributed by atoms with Gasteiger partial charge in [-0.3, -0.25) is 4.79 Å². The van der Waals surface area contributed by atoms with Crippen LogP contribution in [0.2, 0.25) is 5.02 Å². The van der Waals surface area contributed by atoms with Gasteiger partial charge in [0, 0.05) is 10.6 Å². The Bertz CT molecular complexity index is 736. The number of benzene rings is 2. The van der Waals surface area contributed by atoms with E-state index in [1.165, 1.54) is 30.3 Å². The fourth-order valence-corrected chi connectivity index (χ4v) is 2.19. The van der Waals surface area contributed by atoms with Gasteiger partial charge in [0.25, 0.3) is 5.91 Å². The number of aromatic carboxylic acids is 1. The third-order valence-corrected chi connectivity index (χ3v) is 3.48. The second-order valence-electron chi connectivity index (χ2n) is 4.08. The molecule has 4 nitrogen and oxygen atoms in total. The summed E-state index contributed by atoms with van der Waals surface area (Å²) in [5.41, 5.74) is 0.170. The van der Waals surface area contributed by atoms with Crippen molar-refractivity contribution in [3.8, 4) is 0 Å². The van der Waals surface area contributed by atoms with Crippen LogP contribution in [0.1, 0.15) is 20.7 Å². The lowest BCUT2D eigenvalue weighted by molar-refractivity contribution is 0.0698. The van der Waals surface area contributed by atoms with E-state index in [0.717, 1.165) is 6.07 Å². The highest BCUT2D eigenvalue weighted by Gasteiger charge is 2.15. The molecule has 7 heteroatoms. The van der Waals surface area contributed by atoms with Gasteiger partial charge in [-0.2, -0.15) is 0 Å². The monoisotopic (exact) mass is 371 g/mol.